The van der Waals surface area contributed by atoms with Crippen LogP contribution in [0.2, 0.25) is 0 Å². The number of hydrogen-bond donors (Lipinski definition) is 0. The van der Waals surface area contributed by atoms with Crippen molar-refractivity contribution in [2.24, 2.45) is 0 Å². The molecular weight excluding hydrogens is 771 g/mol. The Hall–Kier alpha value is -6.65. The van der Waals surface area contributed by atoms with Gasteiger partial charge in [0.25, 0.3) is 0 Å². The molecule has 9 aromatic rings. The molecule has 14 rings (SSSR count). The zero-order valence-corrected chi connectivity index (χ0v) is 35.7. The first kappa shape index (κ1) is 34.1. The Morgan fingerprint density at radius 3 is 1.48 bits per heavy atom. The predicted molar refractivity (Wildman–Crippen MR) is 256 cm³/mol. The van der Waals surface area contributed by atoms with Gasteiger partial charge in [-0.2, -0.15) is 0 Å². The number of para-hydroxylation sites is 1. The fourth-order valence-corrected chi connectivity index (χ4v) is 19.4. The van der Waals surface area contributed by atoms with Crippen molar-refractivity contribution in [3.8, 4) is 33.4 Å². The van der Waals surface area contributed by atoms with Gasteiger partial charge in [-0.1, -0.05) is 183 Å². The van der Waals surface area contributed by atoms with E-state index < -0.39 is 13.5 Å². The standard InChI is InChI=1S/C58H39NSSi/c1-57(2)43-21-7-3-17-37(43)42-34-48-50(35-47(42)57)59(49-25-11-8-22-44(49)58(48)45-23-9-12-26-51(45)60-52-27-13-10-24-46(52)58)36-31-32-41-40-20-6-16-30-55(40)61(56(41)33-36)53-28-14-4-18-38(53)39-19-5-15-29-54(39)61/h3-35H,1-2H3. The van der Waals surface area contributed by atoms with Gasteiger partial charge in [0, 0.05) is 20.9 Å². The number of nitrogens with zero attached hydrogens (tertiary/aromatic N) is 1. The topological polar surface area (TPSA) is 3.24 Å². The van der Waals surface area contributed by atoms with Gasteiger partial charge in [-0.15, -0.1) is 0 Å². The predicted octanol–water partition coefficient (Wildman–Crippen LogP) is 12.0. The summed E-state index contributed by atoms with van der Waals surface area (Å²) in [7, 11) is -2.68. The molecule has 1 nitrogen and oxygen atoms in total. The molecule has 0 saturated carbocycles. The molecule has 0 N–H and O–H groups in total. The van der Waals surface area contributed by atoms with Crippen molar-refractivity contribution in [3.63, 3.8) is 0 Å². The van der Waals surface area contributed by atoms with E-state index in [2.05, 4.69) is 219 Å². The third-order valence-corrected chi connectivity index (χ3v) is 21.0. The van der Waals surface area contributed by atoms with Crippen LogP contribution in [0.1, 0.15) is 47.2 Å². The summed E-state index contributed by atoms with van der Waals surface area (Å²) >= 11 is 1.91. The number of benzene rings is 9. The molecule has 2 spiro atoms. The maximum absolute atomic E-state index is 2.68. The number of hydrogen-bond acceptors (Lipinski definition) is 2. The molecule has 3 heteroatoms. The molecule has 286 valence electrons. The zero-order chi connectivity index (χ0) is 40.2. The summed E-state index contributed by atoms with van der Waals surface area (Å²) in [6, 6.07) is 77.3. The minimum absolute atomic E-state index is 0.164. The van der Waals surface area contributed by atoms with E-state index in [4.69, 9.17) is 0 Å². The molecule has 0 atom stereocenters. The molecule has 0 radical (unpaired) electrons. The zero-order valence-electron chi connectivity index (χ0n) is 33.9. The van der Waals surface area contributed by atoms with E-state index >= 15 is 0 Å². The summed E-state index contributed by atoms with van der Waals surface area (Å²) in [6.07, 6.45) is 0. The fraction of sp³-hybridized carbons (Fsp3) is 0.0690. The van der Waals surface area contributed by atoms with Gasteiger partial charge in [0.15, 0.2) is 8.07 Å². The number of anilines is 3. The minimum atomic E-state index is -2.68. The smallest absolute Gasteiger partial charge is 0.182 e. The van der Waals surface area contributed by atoms with Gasteiger partial charge < -0.3 is 4.90 Å². The highest BCUT2D eigenvalue weighted by molar-refractivity contribution is 7.99. The molecule has 9 aromatic carbocycles. The second kappa shape index (κ2) is 11.8. The Morgan fingerprint density at radius 1 is 0.361 bits per heavy atom. The second-order valence-corrected chi connectivity index (χ2v) is 22.6. The van der Waals surface area contributed by atoms with Gasteiger partial charge in [0.2, 0.25) is 0 Å². The van der Waals surface area contributed by atoms with Crippen molar-refractivity contribution in [1.82, 2.24) is 0 Å². The van der Waals surface area contributed by atoms with E-state index in [1.165, 1.54) is 114 Å². The quantitative estimate of drug-likeness (QED) is 0.152. The van der Waals surface area contributed by atoms with Crippen molar-refractivity contribution in [1.29, 1.82) is 0 Å². The van der Waals surface area contributed by atoms with E-state index in [0.29, 0.717) is 0 Å². The molecule has 0 bridgehead atoms. The Kier molecular flexibility index (Phi) is 6.59. The fourth-order valence-electron chi connectivity index (χ4n) is 12.6. The SMILES string of the molecule is CC1(C)c2ccccc2-c2cc3c(cc21)N(c1ccc2c(c1)[Si]1(c4ccccc4-c4ccccc41)c1ccccc1-2)c1ccccc1C31c2ccccc2Sc2ccccc21. The highest BCUT2D eigenvalue weighted by atomic mass is 32.2. The third-order valence-electron chi connectivity index (χ3n) is 14.9. The van der Waals surface area contributed by atoms with Crippen LogP contribution in [0.5, 0.6) is 0 Å². The Morgan fingerprint density at radius 2 is 0.852 bits per heavy atom. The van der Waals surface area contributed by atoms with Crippen LogP contribution in [-0.2, 0) is 10.8 Å². The van der Waals surface area contributed by atoms with Gasteiger partial charge in [-0.05, 0) is 130 Å². The molecule has 0 unspecified atom stereocenters. The molecule has 61 heavy (non-hydrogen) atoms. The summed E-state index contributed by atoms with van der Waals surface area (Å²) in [5.41, 5.74) is 19.4. The molecule has 4 heterocycles. The highest BCUT2D eigenvalue weighted by Crippen LogP contribution is 2.65. The molecule has 0 saturated heterocycles. The van der Waals surface area contributed by atoms with Gasteiger partial charge in [0.1, 0.15) is 0 Å². The largest absolute Gasteiger partial charge is 0.310 e. The van der Waals surface area contributed by atoms with Crippen molar-refractivity contribution < 1.29 is 0 Å². The normalized spacial score (nSPS) is 16.3. The molecule has 0 amide bonds. The van der Waals surface area contributed by atoms with Crippen LogP contribution >= 0.6 is 11.8 Å². The second-order valence-electron chi connectivity index (χ2n) is 17.9. The van der Waals surface area contributed by atoms with E-state index in [0.717, 1.165) is 0 Å². The summed E-state index contributed by atoms with van der Waals surface area (Å²) in [6.45, 7) is 4.83. The lowest BCUT2D eigenvalue weighted by Crippen LogP contribution is -2.70. The Labute approximate surface area is 362 Å². The Bertz CT molecular complexity index is 3300. The first-order chi connectivity index (χ1) is 30.0. The number of rotatable bonds is 1. The van der Waals surface area contributed by atoms with Gasteiger partial charge in [-0.3, -0.25) is 0 Å². The maximum Gasteiger partial charge on any atom is 0.182 e. The summed E-state index contributed by atoms with van der Waals surface area (Å²) in [4.78, 5) is 5.28. The lowest BCUT2D eigenvalue weighted by atomic mass is 9.61. The van der Waals surface area contributed by atoms with Crippen molar-refractivity contribution in [3.05, 3.63) is 234 Å². The van der Waals surface area contributed by atoms with E-state index in [-0.39, 0.29) is 5.41 Å². The number of fused-ring (bicyclic) bond motifs is 21. The van der Waals surface area contributed by atoms with E-state index in [1.54, 1.807) is 0 Å². The molecule has 1 aliphatic carbocycles. The van der Waals surface area contributed by atoms with Gasteiger partial charge in [0.05, 0.1) is 16.8 Å². The highest BCUT2D eigenvalue weighted by Gasteiger charge is 2.55. The van der Waals surface area contributed by atoms with Gasteiger partial charge >= 0.3 is 0 Å². The van der Waals surface area contributed by atoms with Gasteiger partial charge in [-0.25, -0.2) is 0 Å². The lowest BCUT2D eigenvalue weighted by molar-refractivity contribution is 0.656. The average Bonchev–Trinajstić information content (AvgIpc) is 3.86. The van der Waals surface area contributed by atoms with Crippen molar-refractivity contribution >= 4 is 57.6 Å². The first-order valence-corrected chi connectivity index (χ1v) is 24.3. The van der Waals surface area contributed by atoms with E-state index in [1.807, 2.05) is 11.8 Å². The lowest BCUT2D eigenvalue weighted by Gasteiger charge is -2.49. The molecule has 0 fully saturated rings. The molecular formula is C58H39NSSi. The van der Waals surface area contributed by atoms with Crippen LogP contribution in [0.25, 0.3) is 33.4 Å². The Balaban J connectivity index is 1.11. The van der Waals surface area contributed by atoms with Crippen LogP contribution < -0.4 is 25.6 Å². The summed E-state index contributed by atoms with van der Waals surface area (Å²) < 4.78 is 0. The first-order valence-electron chi connectivity index (χ1n) is 21.5. The third kappa shape index (κ3) is 4.01. The average molecular weight is 810 g/mol. The summed E-state index contributed by atoms with van der Waals surface area (Å²) in [5.74, 6) is 0. The van der Waals surface area contributed by atoms with Crippen LogP contribution in [0.15, 0.2) is 210 Å². The van der Waals surface area contributed by atoms with Crippen molar-refractivity contribution in [2.45, 2.75) is 34.5 Å². The van der Waals surface area contributed by atoms with Crippen LogP contribution in [0.4, 0.5) is 17.1 Å². The molecule has 0 aromatic heterocycles. The van der Waals surface area contributed by atoms with Crippen LogP contribution in [0.3, 0.4) is 0 Å². The van der Waals surface area contributed by atoms with E-state index in [9.17, 15) is 0 Å². The molecule has 5 aliphatic rings. The van der Waals surface area contributed by atoms with Crippen LogP contribution in [0, 0.1) is 0 Å². The summed E-state index contributed by atoms with van der Waals surface area (Å²) in [5, 5.41) is 6.00. The molecule has 4 aliphatic heterocycles. The minimum Gasteiger partial charge on any atom is -0.310 e. The van der Waals surface area contributed by atoms with Crippen LogP contribution in [-0.4, -0.2) is 8.07 Å². The van der Waals surface area contributed by atoms with Crippen molar-refractivity contribution in [2.75, 3.05) is 4.90 Å². The monoisotopic (exact) mass is 809 g/mol. The maximum atomic E-state index is 2.64.